The maximum absolute atomic E-state index is 13.3. The predicted octanol–water partition coefficient (Wildman–Crippen LogP) is 3.24. The number of hydrogen-bond donors (Lipinski definition) is 2. The minimum absolute atomic E-state index is 0.158. The number of piperazine rings is 1. The second kappa shape index (κ2) is 9.34. The minimum Gasteiger partial charge on any atom is -0.376 e. The number of alkyl halides is 3. The summed E-state index contributed by atoms with van der Waals surface area (Å²) in [5.41, 5.74) is -2.52. The van der Waals surface area contributed by atoms with Crippen LogP contribution < -0.4 is 10.2 Å². The van der Waals surface area contributed by atoms with Gasteiger partial charge in [-0.15, -0.1) is 0 Å². The van der Waals surface area contributed by atoms with Gasteiger partial charge in [0, 0.05) is 49.2 Å². The first-order valence-corrected chi connectivity index (χ1v) is 13.1. The van der Waals surface area contributed by atoms with Crippen LogP contribution in [0, 0.1) is 0 Å². The number of halogens is 3. The zero-order valence-electron chi connectivity index (χ0n) is 18.8. The summed E-state index contributed by atoms with van der Waals surface area (Å²) in [6, 6.07) is 5.84. The van der Waals surface area contributed by atoms with Crippen LogP contribution in [0.1, 0.15) is 31.7 Å². The molecule has 1 heterocycles. The topological polar surface area (TPSA) is 72.9 Å². The van der Waals surface area contributed by atoms with Crippen molar-refractivity contribution in [2.45, 2.75) is 50.0 Å². The number of nitrogens with zero attached hydrogens (tertiary/aromatic N) is 2. The van der Waals surface area contributed by atoms with Crippen molar-refractivity contribution in [3.8, 4) is 0 Å². The van der Waals surface area contributed by atoms with Crippen LogP contribution >= 0.6 is 12.2 Å². The third-order valence-corrected chi connectivity index (χ3v) is 9.02. The number of nitrogens with one attached hydrogen (secondary N) is 1. The summed E-state index contributed by atoms with van der Waals surface area (Å²) in [5, 5.41) is 13.4. The van der Waals surface area contributed by atoms with Crippen molar-refractivity contribution in [1.29, 1.82) is 0 Å². The lowest BCUT2D eigenvalue weighted by molar-refractivity contribution is -0.258. The molecule has 6 nitrogen and oxygen atoms in total. The Balaban J connectivity index is 1.56. The molecule has 2 fully saturated rings. The van der Waals surface area contributed by atoms with Crippen LogP contribution in [0.25, 0.3) is 0 Å². The Labute approximate surface area is 203 Å². The van der Waals surface area contributed by atoms with Crippen molar-refractivity contribution in [2.24, 2.45) is 0 Å². The molecule has 2 atom stereocenters. The van der Waals surface area contributed by atoms with Crippen LogP contribution in [-0.2, 0) is 15.6 Å². The number of aliphatic hydroxyl groups is 1. The zero-order chi connectivity index (χ0) is 24.7. The van der Waals surface area contributed by atoms with Gasteiger partial charge in [0.15, 0.2) is 5.60 Å². The number of benzene rings is 1. The molecule has 11 heteroatoms. The van der Waals surface area contributed by atoms with Crippen molar-refractivity contribution in [3.05, 3.63) is 53.0 Å². The third-order valence-electron chi connectivity index (χ3n) is 6.56. The van der Waals surface area contributed by atoms with Gasteiger partial charge in [-0.1, -0.05) is 36.5 Å². The number of hydrogen-bond acceptors (Lipinski definition) is 6. The summed E-state index contributed by atoms with van der Waals surface area (Å²) in [6.45, 7) is 2.11. The molecule has 0 spiro atoms. The number of thiocarbonyl (C=S) groups is 1. The predicted molar refractivity (Wildman–Crippen MR) is 129 cm³/mol. The first-order valence-electron chi connectivity index (χ1n) is 11.2. The van der Waals surface area contributed by atoms with Crippen LogP contribution in [0.5, 0.6) is 0 Å². The number of anilines is 1. The van der Waals surface area contributed by atoms with E-state index in [1.165, 1.54) is 22.5 Å². The molecule has 34 heavy (non-hydrogen) atoms. The maximum atomic E-state index is 13.3. The SMILES string of the molecule is C[C@@](O)(c1ccc(N2CCN(S(=O)(=O)C3=CC=CCC3=S)C[C@@H]2CNC2CC2)cc1)C(F)(F)F. The average molecular weight is 516 g/mol. The molecule has 3 aliphatic rings. The van der Waals surface area contributed by atoms with Crippen molar-refractivity contribution in [3.63, 3.8) is 0 Å². The Kier molecular flexibility index (Phi) is 6.96. The molecule has 0 bridgehead atoms. The van der Waals surface area contributed by atoms with Crippen LogP contribution in [0.4, 0.5) is 18.9 Å². The van der Waals surface area contributed by atoms with Gasteiger partial charge in [-0.25, -0.2) is 8.42 Å². The summed E-state index contributed by atoms with van der Waals surface area (Å²) >= 11 is 5.29. The van der Waals surface area contributed by atoms with Gasteiger partial charge in [0.05, 0.1) is 10.9 Å². The molecule has 0 aromatic heterocycles. The second-order valence-corrected chi connectivity index (χ2v) is 11.5. The van der Waals surface area contributed by atoms with Gasteiger partial charge in [0.1, 0.15) is 0 Å². The van der Waals surface area contributed by atoms with E-state index >= 15 is 0 Å². The summed E-state index contributed by atoms with van der Waals surface area (Å²) in [7, 11) is -3.75. The molecule has 186 valence electrons. The summed E-state index contributed by atoms with van der Waals surface area (Å²) in [6.07, 6.45) is 2.82. The quantitative estimate of drug-likeness (QED) is 0.544. The molecule has 1 aromatic carbocycles. The molecule has 2 aliphatic carbocycles. The van der Waals surface area contributed by atoms with Gasteiger partial charge in [0.2, 0.25) is 10.0 Å². The molecular formula is C23H28F3N3O3S2. The van der Waals surface area contributed by atoms with Crippen LogP contribution in [0.2, 0.25) is 0 Å². The molecule has 1 saturated heterocycles. The molecule has 0 radical (unpaired) electrons. The Hall–Kier alpha value is -1.79. The maximum Gasteiger partial charge on any atom is 0.421 e. The second-order valence-electron chi connectivity index (χ2n) is 9.10. The first-order chi connectivity index (χ1) is 15.9. The molecule has 1 saturated carbocycles. The normalized spacial score (nSPS) is 24.1. The first kappa shape index (κ1) is 25.3. The Morgan fingerprint density at radius 1 is 1.18 bits per heavy atom. The highest BCUT2D eigenvalue weighted by Crippen LogP contribution is 2.39. The van der Waals surface area contributed by atoms with Gasteiger partial charge in [-0.3, -0.25) is 0 Å². The van der Waals surface area contributed by atoms with Gasteiger partial charge in [-0.2, -0.15) is 17.5 Å². The van der Waals surface area contributed by atoms with Gasteiger partial charge in [0.25, 0.3) is 0 Å². The highest BCUT2D eigenvalue weighted by molar-refractivity contribution is 7.96. The number of sulfonamides is 1. The molecule has 1 aromatic rings. The van der Waals surface area contributed by atoms with E-state index in [0.717, 1.165) is 19.8 Å². The van der Waals surface area contributed by atoms with Crippen molar-refractivity contribution in [2.75, 3.05) is 31.1 Å². The number of allylic oxidation sites excluding steroid dienone is 4. The highest BCUT2D eigenvalue weighted by Gasteiger charge is 2.51. The Morgan fingerprint density at radius 3 is 2.44 bits per heavy atom. The van der Waals surface area contributed by atoms with E-state index in [1.807, 2.05) is 11.0 Å². The van der Waals surface area contributed by atoms with Crippen LogP contribution in [-0.4, -0.2) is 67.1 Å². The average Bonchev–Trinajstić information content (AvgIpc) is 3.61. The third kappa shape index (κ3) is 5.08. The largest absolute Gasteiger partial charge is 0.421 e. The molecule has 2 N–H and O–H groups in total. The molecular weight excluding hydrogens is 487 g/mol. The van der Waals surface area contributed by atoms with Crippen molar-refractivity contribution < 1.29 is 26.7 Å². The summed E-state index contributed by atoms with van der Waals surface area (Å²) in [5.74, 6) is 0. The summed E-state index contributed by atoms with van der Waals surface area (Å²) in [4.78, 5) is 2.57. The lowest BCUT2D eigenvalue weighted by Crippen LogP contribution is -2.58. The monoisotopic (exact) mass is 515 g/mol. The lowest BCUT2D eigenvalue weighted by atomic mass is 9.95. The van der Waals surface area contributed by atoms with E-state index in [9.17, 15) is 26.7 Å². The standard InChI is InChI=1S/C23H28F3N3O3S2/c1-22(30,23(24,25)26)16-6-10-18(11-7-16)29-13-12-28(15-19(29)14-27-17-8-9-17)34(31,32)21-5-3-2-4-20(21)33/h2-3,5-7,10-11,17,19,27,30H,4,8-9,12-15H2,1H3/t19-,22+/m0/s1. The van der Waals surface area contributed by atoms with E-state index in [-0.39, 0.29) is 29.6 Å². The Bertz CT molecular complexity index is 1090. The Morgan fingerprint density at radius 2 is 1.85 bits per heavy atom. The van der Waals surface area contributed by atoms with E-state index < -0.39 is 21.8 Å². The molecule has 0 amide bonds. The van der Waals surface area contributed by atoms with Crippen LogP contribution in [0.15, 0.2) is 47.4 Å². The van der Waals surface area contributed by atoms with Gasteiger partial charge >= 0.3 is 6.18 Å². The van der Waals surface area contributed by atoms with Crippen molar-refractivity contribution in [1.82, 2.24) is 9.62 Å². The zero-order valence-corrected chi connectivity index (χ0v) is 20.4. The minimum atomic E-state index is -4.80. The van der Waals surface area contributed by atoms with E-state index in [0.29, 0.717) is 36.1 Å². The number of rotatable bonds is 7. The lowest BCUT2D eigenvalue weighted by Gasteiger charge is -2.43. The highest BCUT2D eigenvalue weighted by atomic mass is 32.2. The van der Waals surface area contributed by atoms with E-state index in [1.54, 1.807) is 18.2 Å². The molecule has 1 aliphatic heterocycles. The van der Waals surface area contributed by atoms with E-state index in [2.05, 4.69) is 5.32 Å². The van der Waals surface area contributed by atoms with E-state index in [4.69, 9.17) is 12.2 Å². The van der Waals surface area contributed by atoms with Gasteiger partial charge in [-0.05, 0) is 43.5 Å². The smallest absolute Gasteiger partial charge is 0.376 e. The van der Waals surface area contributed by atoms with Gasteiger partial charge < -0.3 is 15.3 Å². The fourth-order valence-corrected chi connectivity index (χ4v) is 6.25. The molecule has 4 rings (SSSR count). The summed E-state index contributed by atoms with van der Waals surface area (Å²) < 4.78 is 67.7. The fraction of sp³-hybridized carbons (Fsp3) is 0.522. The van der Waals surface area contributed by atoms with Crippen molar-refractivity contribution >= 4 is 32.8 Å². The molecule has 0 unspecified atom stereocenters. The fourth-order valence-electron chi connectivity index (χ4n) is 4.18. The van der Waals surface area contributed by atoms with Crippen LogP contribution in [0.3, 0.4) is 0 Å².